The molecule has 0 heterocycles. The number of rotatable bonds is 0. The number of aliphatic hydroxyl groups is 1. The van der Waals surface area contributed by atoms with Gasteiger partial charge in [0.15, 0.2) is 0 Å². The van der Waals surface area contributed by atoms with Crippen molar-refractivity contribution < 1.29 is 5.11 Å². The fourth-order valence-corrected chi connectivity index (χ4v) is 1.86. The minimum absolute atomic E-state index is 0.337. The van der Waals surface area contributed by atoms with Crippen LogP contribution in [-0.2, 0) is 0 Å². The third-order valence-corrected chi connectivity index (χ3v) is 2.33. The van der Waals surface area contributed by atoms with Crippen molar-refractivity contribution in [2.75, 3.05) is 7.05 Å². The summed E-state index contributed by atoms with van der Waals surface area (Å²) in [6.45, 7) is 3.92. The van der Waals surface area contributed by atoms with Gasteiger partial charge in [-0.1, -0.05) is 6.92 Å². The highest BCUT2D eigenvalue weighted by Crippen LogP contribution is 2.29. The summed E-state index contributed by atoms with van der Waals surface area (Å²) in [5.41, 5.74) is 8.28. The van der Waals surface area contributed by atoms with Crippen LogP contribution in [0, 0.1) is 5.92 Å². The predicted molar refractivity (Wildman–Crippen MR) is 50.0 cm³/mol. The van der Waals surface area contributed by atoms with Crippen molar-refractivity contribution in [1.29, 1.82) is 0 Å². The van der Waals surface area contributed by atoms with Gasteiger partial charge in [-0.2, -0.15) is 0 Å². The topological polar surface area (TPSA) is 58.6 Å². The molecule has 1 aliphatic rings. The molecule has 0 radical (unpaired) electrons. The third-order valence-electron chi connectivity index (χ3n) is 2.33. The van der Waals surface area contributed by atoms with Gasteiger partial charge in [0, 0.05) is 12.7 Å². The summed E-state index contributed by atoms with van der Waals surface area (Å²) in [6.07, 6.45) is 0.329. The third kappa shape index (κ3) is 1.37. The average molecular weight is 168 g/mol. The van der Waals surface area contributed by atoms with E-state index in [1.807, 2.05) is 6.92 Å². The standard InChI is InChI=1S/C9H16N2O/c1-5-4-7(12)9(11-3)8(5)6(2)10/h5,7,12H,4,10H2,1-3H3/t5-,7+/m1/s1. The van der Waals surface area contributed by atoms with Crippen LogP contribution >= 0.6 is 0 Å². The fourth-order valence-electron chi connectivity index (χ4n) is 1.86. The van der Waals surface area contributed by atoms with Gasteiger partial charge >= 0.3 is 0 Å². The Bertz CT molecular complexity index is 239. The van der Waals surface area contributed by atoms with E-state index >= 15 is 0 Å². The zero-order valence-corrected chi connectivity index (χ0v) is 7.83. The van der Waals surface area contributed by atoms with Gasteiger partial charge in [-0.3, -0.25) is 4.99 Å². The van der Waals surface area contributed by atoms with Crippen molar-refractivity contribution in [2.45, 2.75) is 26.4 Å². The Morgan fingerprint density at radius 1 is 1.67 bits per heavy atom. The van der Waals surface area contributed by atoms with E-state index in [0.29, 0.717) is 5.92 Å². The van der Waals surface area contributed by atoms with Gasteiger partial charge in [0.05, 0.1) is 11.8 Å². The van der Waals surface area contributed by atoms with Crippen molar-refractivity contribution in [1.82, 2.24) is 0 Å². The second-order valence-corrected chi connectivity index (χ2v) is 3.36. The number of nitrogens with two attached hydrogens (primary N) is 1. The van der Waals surface area contributed by atoms with Crippen LogP contribution in [0.3, 0.4) is 0 Å². The molecule has 2 atom stereocenters. The van der Waals surface area contributed by atoms with Crippen LogP contribution in [0.1, 0.15) is 20.3 Å². The van der Waals surface area contributed by atoms with E-state index in [0.717, 1.165) is 23.4 Å². The zero-order chi connectivity index (χ0) is 9.30. The highest BCUT2D eigenvalue weighted by molar-refractivity contribution is 6.06. The summed E-state index contributed by atoms with van der Waals surface area (Å²) >= 11 is 0. The van der Waals surface area contributed by atoms with E-state index in [-0.39, 0.29) is 0 Å². The first kappa shape index (κ1) is 9.26. The lowest BCUT2D eigenvalue weighted by molar-refractivity contribution is 0.231. The first-order valence-corrected chi connectivity index (χ1v) is 4.19. The Hall–Kier alpha value is -0.830. The molecule has 68 valence electrons. The van der Waals surface area contributed by atoms with Gasteiger partial charge in [-0.05, 0) is 24.8 Å². The molecule has 1 saturated carbocycles. The summed E-state index contributed by atoms with van der Waals surface area (Å²) < 4.78 is 0. The molecular weight excluding hydrogens is 152 g/mol. The van der Waals surface area contributed by atoms with Crippen molar-refractivity contribution >= 4 is 5.71 Å². The molecule has 1 aliphatic carbocycles. The van der Waals surface area contributed by atoms with Gasteiger partial charge in [0.1, 0.15) is 0 Å². The van der Waals surface area contributed by atoms with E-state index in [2.05, 4.69) is 11.9 Å². The minimum Gasteiger partial charge on any atom is -0.402 e. The number of aliphatic hydroxyl groups excluding tert-OH is 1. The molecule has 12 heavy (non-hydrogen) atoms. The predicted octanol–water partition coefficient (Wildman–Crippen LogP) is 0.691. The number of nitrogens with zero attached hydrogens (tertiary/aromatic N) is 1. The highest BCUT2D eigenvalue weighted by Gasteiger charge is 2.31. The lowest BCUT2D eigenvalue weighted by Gasteiger charge is -2.06. The van der Waals surface area contributed by atoms with Gasteiger partial charge in [0.2, 0.25) is 0 Å². The van der Waals surface area contributed by atoms with Crippen LogP contribution in [0.4, 0.5) is 0 Å². The summed E-state index contributed by atoms with van der Waals surface area (Å²) in [6, 6.07) is 0. The molecular formula is C9H16N2O. The second-order valence-electron chi connectivity index (χ2n) is 3.36. The maximum Gasteiger partial charge on any atom is 0.0964 e. The van der Waals surface area contributed by atoms with Gasteiger partial charge < -0.3 is 10.8 Å². The Labute approximate surface area is 73.0 Å². The SMILES string of the molecule is CN=C1C(=C(C)N)[C@H](C)C[C@@H]1O. The quantitative estimate of drug-likeness (QED) is 0.559. The molecule has 1 fully saturated rings. The smallest absolute Gasteiger partial charge is 0.0964 e. The summed E-state index contributed by atoms with van der Waals surface area (Å²) in [5.74, 6) is 0.337. The van der Waals surface area contributed by atoms with Gasteiger partial charge in [0.25, 0.3) is 0 Å². The Balaban J connectivity index is 3.08. The molecule has 3 nitrogen and oxygen atoms in total. The zero-order valence-electron chi connectivity index (χ0n) is 7.83. The lowest BCUT2D eigenvalue weighted by atomic mass is 10.0. The van der Waals surface area contributed by atoms with E-state index in [4.69, 9.17) is 5.73 Å². The largest absolute Gasteiger partial charge is 0.402 e. The van der Waals surface area contributed by atoms with Crippen molar-refractivity contribution in [3.63, 3.8) is 0 Å². The normalized spacial score (nSPS) is 37.5. The van der Waals surface area contributed by atoms with Gasteiger partial charge in [-0.25, -0.2) is 0 Å². The molecule has 0 unspecified atom stereocenters. The molecule has 0 saturated heterocycles. The molecule has 0 spiro atoms. The second kappa shape index (κ2) is 3.27. The van der Waals surface area contributed by atoms with Crippen LogP contribution in [0.5, 0.6) is 0 Å². The molecule has 0 aliphatic heterocycles. The number of hydrogen-bond donors (Lipinski definition) is 2. The van der Waals surface area contributed by atoms with Crippen molar-refractivity contribution in [3.05, 3.63) is 11.3 Å². The first-order chi connectivity index (χ1) is 5.57. The number of aliphatic imine (C=N–C) groups is 1. The van der Waals surface area contributed by atoms with E-state index in [1.54, 1.807) is 7.05 Å². The monoisotopic (exact) mass is 168 g/mol. The molecule has 0 aromatic rings. The molecule has 3 N–H and O–H groups in total. The van der Waals surface area contributed by atoms with Crippen LogP contribution < -0.4 is 5.73 Å². The molecule has 0 aromatic heterocycles. The Morgan fingerprint density at radius 2 is 2.25 bits per heavy atom. The van der Waals surface area contributed by atoms with Crippen molar-refractivity contribution in [3.8, 4) is 0 Å². The molecule has 1 rings (SSSR count). The Kier molecular flexibility index (Phi) is 2.52. The maximum absolute atomic E-state index is 9.56. The van der Waals surface area contributed by atoms with E-state index in [1.165, 1.54) is 0 Å². The van der Waals surface area contributed by atoms with Crippen molar-refractivity contribution in [2.24, 2.45) is 16.6 Å². The van der Waals surface area contributed by atoms with Gasteiger partial charge in [-0.15, -0.1) is 0 Å². The van der Waals surface area contributed by atoms with Crippen LogP contribution in [0.15, 0.2) is 16.3 Å². The average Bonchev–Trinajstić information content (AvgIpc) is 2.24. The Morgan fingerprint density at radius 3 is 2.58 bits per heavy atom. The van der Waals surface area contributed by atoms with Crippen LogP contribution in [-0.4, -0.2) is 24.0 Å². The molecule has 0 aromatic carbocycles. The number of hydrogen-bond acceptors (Lipinski definition) is 3. The molecule has 0 bridgehead atoms. The van der Waals surface area contributed by atoms with Crippen LogP contribution in [0.25, 0.3) is 0 Å². The minimum atomic E-state index is -0.418. The fraction of sp³-hybridized carbons (Fsp3) is 0.667. The maximum atomic E-state index is 9.56. The number of allylic oxidation sites excluding steroid dienone is 1. The lowest BCUT2D eigenvalue weighted by Crippen LogP contribution is -2.15. The summed E-state index contributed by atoms with van der Waals surface area (Å²) in [4.78, 5) is 4.05. The van der Waals surface area contributed by atoms with E-state index < -0.39 is 6.10 Å². The highest BCUT2D eigenvalue weighted by atomic mass is 16.3. The molecule has 3 heteroatoms. The summed E-state index contributed by atoms with van der Waals surface area (Å²) in [7, 11) is 1.69. The van der Waals surface area contributed by atoms with E-state index in [9.17, 15) is 5.11 Å². The first-order valence-electron chi connectivity index (χ1n) is 4.19. The summed E-state index contributed by atoms with van der Waals surface area (Å²) in [5, 5.41) is 9.56. The molecule has 0 amide bonds. The van der Waals surface area contributed by atoms with Crippen LogP contribution in [0.2, 0.25) is 0 Å².